The Labute approximate surface area is 111 Å². The van der Waals surface area contributed by atoms with Crippen molar-refractivity contribution in [2.45, 2.75) is 52.2 Å². The molecule has 0 aliphatic heterocycles. The van der Waals surface area contributed by atoms with Crippen molar-refractivity contribution in [2.24, 2.45) is 17.6 Å². The predicted octanol–water partition coefficient (Wildman–Crippen LogP) is 3.91. The summed E-state index contributed by atoms with van der Waals surface area (Å²) in [7, 11) is 0. The molecule has 1 aromatic carbocycles. The average molecular weight is 247 g/mol. The first-order chi connectivity index (χ1) is 8.58. The van der Waals surface area contributed by atoms with E-state index in [0.717, 1.165) is 29.6 Å². The molecule has 0 heterocycles. The van der Waals surface area contributed by atoms with Crippen LogP contribution >= 0.6 is 0 Å². The standard InChI is InChI=1S/C16H25NO/c1-11-8-9-14(10-12(11)2)18-16-7-5-4-6-15(16)13(3)17/h4-7,11-14H,8-10,17H2,1-3H3. The summed E-state index contributed by atoms with van der Waals surface area (Å²) < 4.78 is 6.19. The van der Waals surface area contributed by atoms with E-state index in [-0.39, 0.29) is 6.04 Å². The highest BCUT2D eigenvalue weighted by Crippen LogP contribution is 2.33. The molecule has 0 bridgehead atoms. The van der Waals surface area contributed by atoms with E-state index >= 15 is 0 Å². The molecule has 0 spiro atoms. The lowest BCUT2D eigenvalue weighted by atomic mass is 9.80. The fourth-order valence-corrected chi connectivity index (χ4v) is 2.75. The molecule has 1 fully saturated rings. The van der Waals surface area contributed by atoms with Gasteiger partial charge in [-0.2, -0.15) is 0 Å². The average Bonchev–Trinajstić information content (AvgIpc) is 2.34. The second kappa shape index (κ2) is 5.75. The SMILES string of the molecule is CC(N)c1ccccc1OC1CCC(C)C(C)C1. The van der Waals surface area contributed by atoms with Crippen LogP contribution in [0.25, 0.3) is 0 Å². The van der Waals surface area contributed by atoms with Crippen molar-refractivity contribution in [3.05, 3.63) is 29.8 Å². The largest absolute Gasteiger partial charge is 0.490 e. The fourth-order valence-electron chi connectivity index (χ4n) is 2.75. The normalized spacial score (nSPS) is 29.9. The molecule has 1 aromatic rings. The third-order valence-electron chi connectivity index (χ3n) is 4.25. The Kier molecular flexibility index (Phi) is 4.28. The van der Waals surface area contributed by atoms with Crippen molar-refractivity contribution in [1.29, 1.82) is 0 Å². The lowest BCUT2D eigenvalue weighted by Gasteiger charge is -2.32. The van der Waals surface area contributed by atoms with Gasteiger partial charge >= 0.3 is 0 Å². The fraction of sp³-hybridized carbons (Fsp3) is 0.625. The Morgan fingerprint density at radius 3 is 2.56 bits per heavy atom. The molecule has 0 saturated heterocycles. The van der Waals surface area contributed by atoms with Gasteiger partial charge in [-0.1, -0.05) is 32.0 Å². The summed E-state index contributed by atoms with van der Waals surface area (Å²) >= 11 is 0. The first-order valence-electron chi connectivity index (χ1n) is 7.09. The van der Waals surface area contributed by atoms with E-state index in [1.807, 2.05) is 25.1 Å². The summed E-state index contributed by atoms with van der Waals surface area (Å²) in [5, 5.41) is 0. The Morgan fingerprint density at radius 2 is 1.89 bits per heavy atom. The maximum absolute atomic E-state index is 6.19. The predicted molar refractivity (Wildman–Crippen MR) is 75.6 cm³/mol. The van der Waals surface area contributed by atoms with Gasteiger partial charge in [-0.3, -0.25) is 0 Å². The van der Waals surface area contributed by atoms with Gasteiger partial charge in [0, 0.05) is 11.6 Å². The molecule has 2 rings (SSSR count). The van der Waals surface area contributed by atoms with Crippen LogP contribution in [0.4, 0.5) is 0 Å². The Bertz CT molecular complexity index is 388. The lowest BCUT2D eigenvalue weighted by molar-refractivity contribution is 0.0994. The number of para-hydroxylation sites is 1. The minimum atomic E-state index is 0.0288. The number of ether oxygens (including phenoxy) is 1. The van der Waals surface area contributed by atoms with Gasteiger partial charge < -0.3 is 10.5 Å². The molecule has 2 N–H and O–H groups in total. The van der Waals surface area contributed by atoms with Crippen molar-refractivity contribution in [3.8, 4) is 5.75 Å². The number of rotatable bonds is 3. The third-order valence-corrected chi connectivity index (χ3v) is 4.25. The van der Waals surface area contributed by atoms with Crippen LogP contribution in [0.2, 0.25) is 0 Å². The van der Waals surface area contributed by atoms with Gasteiger partial charge in [-0.15, -0.1) is 0 Å². The van der Waals surface area contributed by atoms with Crippen LogP contribution in [-0.4, -0.2) is 6.10 Å². The van der Waals surface area contributed by atoms with E-state index in [9.17, 15) is 0 Å². The molecule has 1 aliphatic rings. The molecular formula is C16H25NO. The van der Waals surface area contributed by atoms with E-state index in [4.69, 9.17) is 10.5 Å². The van der Waals surface area contributed by atoms with Gasteiger partial charge in [0.05, 0.1) is 6.10 Å². The molecular weight excluding hydrogens is 222 g/mol. The van der Waals surface area contributed by atoms with Crippen molar-refractivity contribution in [3.63, 3.8) is 0 Å². The van der Waals surface area contributed by atoms with Crippen LogP contribution in [0.15, 0.2) is 24.3 Å². The van der Waals surface area contributed by atoms with Crippen molar-refractivity contribution >= 4 is 0 Å². The quantitative estimate of drug-likeness (QED) is 0.879. The Morgan fingerprint density at radius 1 is 1.17 bits per heavy atom. The molecule has 2 heteroatoms. The second-order valence-electron chi connectivity index (χ2n) is 5.83. The molecule has 1 saturated carbocycles. The number of nitrogens with two attached hydrogens (primary N) is 1. The zero-order chi connectivity index (χ0) is 13.1. The van der Waals surface area contributed by atoms with Crippen LogP contribution in [0, 0.1) is 11.8 Å². The molecule has 4 atom stereocenters. The summed E-state index contributed by atoms with van der Waals surface area (Å²) in [5.74, 6) is 2.55. The van der Waals surface area contributed by atoms with Crippen LogP contribution < -0.4 is 10.5 Å². The minimum absolute atomic E-state index is 0.0288. The molecule has 0 aromatic heterocycles. The van der Waals surface area contributed by atoms with Crippen molar-refractivity contribution < 1.29 is 4.74 Å². The Hall–Kier alpha value is -1.02. The molecule has 0 amide bonds. The highest BCUT2D eigenvalue weighted by Gasteiger charge is 2.26. The maximum atomic E-state index is 6.19. The van der Waals surface area contributed by atoms with E-state index in [2.05, 4.69) is 19.9 Å². The highest BCUT2D eigenvalue weighted by molar-refractivity contribution is 5.35. The van der Waals surface area contributed by atoms with Gasteiger partial charge in [0.1, 0.15) is 5.75 Å². The first kappa shape index (κ1) is 13.4. The second-order valence-corrected chi connectivity index (χ2v) is 5.83. The maximum Gasteiger partial charge on any atom is 0.124 e. The van der Waals surface area contributed by atoms with Gasteiger partial charge in [-0.25, -0.2) is 0 Å². The lowest BCUT2D eigenvalue weighted by Crippen LogP contribution is -2.29. The molecule has 0 radical (unpaired) electrons. The first-order valence-corrected chi connectivity index (χ1v) is 7.09. The molecule has 18 heavy (non-hydrogen) atoms. The van der Waals surface area contributed by atoms with E-state index in [1.54, 1.807) is 0 Å². The molecule has 100 valence electrons. The van der Waals surface area contributed by atoms with E-state index in [0.29, 0.717) is 6.10 Å². The molecule has 2 nitrogen and oxygen atoms in total. The molecule has 1 aliphatic carbocycles. The minimum Gasteiger partial charge on any atom is -0.490 e. The van der Waals surface area contributed by atoms with Crippen LogP contribution in [0.1, 0.15) is 51.6 Å². The zero-order valence-corrected chi connectivity index (χ0v) is 11.7. The summed E-state index contributed by atoms with van der Waals surface area (Å²) in [6.07, 6.45) is 3.95. The summed E-state index contributed by atoms with van der Waals surface area (Å²) in [4.78, 5) is 0. The smallest absolute Gasteiger partial charge is 0.124 e. The third kappa shape index (κ3) is 3.05. The summed E-state index contributed by atoms with van der Waals surface area (Å²) in [6, 6.07) is 8.19. The van der Waals surface area contributed by atoms with Gasteiger partial charge in [0.15, 0.2) is 0 Å². The van der Waals surface area contributed by atoms with E-state index < -0.39 is 0 Å². The van der Waals surface area contributed by atoms with Crippen LogP contribution in [0.3, 0.4) is 0 Å². The van der Waals surface area contributed by atoms with Gasteiger partial charge in [0.25, 0.3) is 0 Å². The number of hydrogen-bond acceptors (Lipinski definition) is 2. The molecule has 4 unspecified atom stereocenters. The number of hydrogen-bond donors (Lipinski definition) is 1. The summed E-state index contributed by atoms with van der Waals surface area (Å²) in [5.41, 5.74) is 7.10. The topological polar surface area (TPSA) is 35.2 Å². The van der Waals surface area contributed by atoms with E-state index in [1.165, 1.54) is 12.8 Å². The zero-order valence-electron chi connectivity index (χ0n) is 11.7. The van der Waals surface area contributed by atoms with Gasteiger partial charge in [-0.05, 0) is 44.1 Å². The number of benzene rings is 1. The van der Waals surface area contributed by atoms with Crippen molar-refractivity contribution in [1.82, 2.24) is 0 Å². The monoisotopic (exact) mass is 247 g/mol. The van der Waals surface area contributed by atoms with Crippen molar-refractivity contribution in [2.75, 3.05) is 0 Å². The summed E-state index contributed by atoms with van der Waals surface area (Å²) in [6.45, 7) is 6.68. The highest BCUT2D eigenvalue weighted by atomic mass is 16.5. The Balaban J connectivity index is 2.06. The van der Waals surface area contributed by atoms with Crippen LogP contribution in [0.5, 0.6) is 5.75 Å². The van der Waals surface area contributed by atoms with Gasteiger partial charge in [0.2, 0.25) is 0 Å². The van der Waals surface area contributed by atoms with Crippen LogP contribution in [-0.2, 0) is 0 Å².